The standard InChI is InChI=1S/C24H26N4O2S/c1-2-19(18-11-7-4-8-12-18)24(30)26-23-20-15-31-16-21(20)27-28(23)14-22(29)25-13-17-9-5-3-6-10-17/h3-12,19H,2,13-16H2,1H3,(H,25,29)(H,26,30)/t19-/m0/s1. The molecule has 2 aromatic carbocycles. The largest absolute Gasteiger partial charge is 0.350 e. The Kier molecular flexibility index (Phi) is 6.72. The lowest BCUT2D eigenvalue weighted by Crippen LogP contribution is -2.29. The zero-order valence-electron chi connectivity index (χ0n) is 17.5. The van der Waals surface area contributed by atoms with Crippen LogP contribution in [0, 0.1) is 0 Å². The molecule has 160 valence electrons. The van der Waals surface area contributed by atoms with E-state index in [9.17, 15) is 9.59 Å². The van der Waals surface area contributed by atoms with Crippen LogP contribution in [0.25, 0.3) is 0 Å². The molecular weight excluding hydrogens is 408 g/mol. The summed E-state index contributed by atoms with van der Waals surface area (Å²) in [5.41, 5.74) is 4.00. The fraction of sp³-hybridized carbons (Fsp3) is 0.292. The topological polar surface area (TPSA) is 76.0 Å². The van der Waals surface area contributed by atoms with Crippen molar-refractivity contribution < 1.29 is 9.59 Å². The Morgan fingerprint density at radius 2 is 1.77 bits per heavy atom. The van der Waals surface area contributed by atoms with Crippen molar-refractivity contribution in [3.63, 3.8) is 0 Å². The molecule has 6 nitrogen and oxygen atoms in total. The van der Waals surface area contributed by atoms with Gasteiger partial charge >= 0.3 is 0 Å². The molecule has 2 heterocycles. The summed E-state index contributed by atoms with van der Waals surface area (Å²) in [6.45, 7) is 2.54. The van der Waals surface area contributed by atoms with Gasteiger partial charge in [-0.15, -0.1) is 0 Å². The van der Waals surface area contributed by atoms with Crippen LogP contribution in [0.1, 0.15) is 41.6 Å². The second-order valence-corrected chi connectivity index (χ2v) is 8.53. The summed E-state index contributed by atoms with van der Waals surface area (Å²) in [5, 5.41) is 10.6. The van der Waals surface area contributed by atoms with E-state index in [0.717, 1.165) is 33.9 Å². The van der Waals surface area contributed by atoms with Crippen LogP contribution in [0.15, 0.2) is 60.7 Å². The van der Waals surface area contributed by atoms with E-state index in [4.69, 9.17) is 0 Å². The van der Waals surface area contributed by atoms with Crippen LogP contribution in [0.2, 0.25) is 0 Å². The SMILES string of the molecule is CC[C@H](C(=O)Nc1c2c(nn1CC(=O)NCc1ccccc1)CSC2)c1ccccc1. The fourth-order valence-corrected chi connectivity index (χ4v) is 4.81. The van der Waals surface area contributed by atoms with Crippen molar-refractivity contribution in [2.24, 2.45) is 0 Å². The lowest BCUT2D eigenvalue weighted by atomic mass is 9.95. The van der Waals surface area contributed by atoms with E-state index in [-0.39, 0.29) is 24.3 Å². The minimum atomic E-state index is -0.249. The van der Waals surface area contributed by atoms with Crippen molar-refractivity contribution in [3.05, 3.63) is 83.0 Å². The van der Waals surface area contributed by atoms with Crippen LogP contribution in [0.4, 0.5) is 5.82 Å². The number of aromatic nitrogens is 2. The van der Waals surface area contributed by atoms with E-state index in [1.54, 1.807) is 16.4 Å². The number of carbonyl (C=O) groups is 2. The predicted octanol–water partition coefficient (Wildman–Crippen LogP) is 4.08. The number of carbonyl (C=O) groups excluding carboxylic acids is 2. The molecule has 0 fully saturated rings. The van der Waals surface area contributed by atoms with Gasteiger partial charge in [-0.05, 0) is 17.5 Å². The summed E-state index contributed by atoms with van der Waals surface area (Å²) in [4.78, 5) is 25.7. The summed E-state index contributed by atoms with van der Waals surface area (Å²) in [7, 11) is 0. The highest BCUT2D eigenvalue weighted by Crippen LogP contribution is 2.35. The molecule has 3 aromatic rings. The van der Waals surface area contributed by atoms with Gasteiger partial charge in [-0.25, -0.2) is 4.68 Å². The van der Waals surface area contributed by atoms with Crippen molar-refractivity contribution in [1.82, 2.24) is 15.1 Å². The fourth-order valence-electron chi connectivity index (χ4n) is 3.77. The molecule has 0 aliphatic carbocycles. The van der Waals surface area contributed by atoms with Crippen molar-refractivity contribution in [2.45, 2.75) is 43.9 Å². The van der Waals surface area contributed by atoms with Gasteiger partial charge in [0.25, 0.3) is 0 Å². The maximum Gasteiger partial charge on any atom is 0.242 e. The highest BCUT2D eigenvalue weighted by Gasteiger charge is 2.27. The number of anilines is 1. The molecule has 0 radical (unpaired) electrons. The minimum absolute atomic E-state index is 0.0701. The third-order valence-corrected chi connectivity index (χ3v) is 6.38. The quantitative estimate of drug-likeness (QED) is 0.560. The lowest BCUT2D eigenvalue weighted by molar-refractivity contribution is -0.122. The van der Waals surface area contributed by atoms with Gasteiger partial charge in [0, 0.05) is 23.6 Å². The molecule has 0 saturated carbocycles. The molecule has 4 rings (SSSR count). The minimum Gasteiger partial charge on any atom is -0.350 e. The van der Waals surface area contributed by atoms with E-state index >= 15 is 0 Å². The van der Waals surface area contributed by atoms with E-state index in [0.29, 0.717) is 18.8 Å². The lowest BCUT2D eigenvalue weighted by Gasteiger charge is -2.17. The van der Waals surface area contributed by atoms with Gasteiger partial charge in [0.15, 0.2) is 0 Å². The third kappa shape index (κ3) is 4.99. The molecule has 1 aromatic heterocycles. The van der Waals surface area contributed by atoms with Gasteiger partial charge in [-0.1, -0.05) is 67.6 Å². The van der Waals surface area contributed by atoms with Crippen LogP contribution >= 0.6 is 11.8 Å². The second-order valence-electron chi connectivity index (χ2n) is 7.55. The van der Waals surface area contributed by atoms with Crippen molar-refractivity contribution >= 4 is 29.4 Å². The Morgan fingerprint density at radius 1 is 1.06 bits per heavy atom. The molecule has 31 heavy (non-hydrogen) atoms. The molecule has 2 N–H and O–H groups in total. The average molecular weight is 435 g/mol. The Morgan fingerprint density at radius 3 is 2.48 bits per heavy atom. The highest BCUT2D eigenvalue weighted by atomic mass is 32.2. The van der Waals surface area contributed by atoms with Gasteiger partial charge < -0.3 is 10.6 Å². The third-order valence-electron chi connectivity index (χ3n) is 5.41. The molecule has 1 atom stereocenters. The Balaban J connectivity index is 1.48. The van der Waals surface area contributed by atoms with Crippen LogP contribution in [-0.4, -0.2) is 21.6 Å². The Hall–Kier alpha value is -3.06. The van der Waals surface area contributed by atoms with Gasteiger partial charge in [-0.2, -0.15) is 16.9 Å². The molecule has 0 bridgehead atoms. The van der Waals surface area contributed by atoms with E-state index in [2.05, 4.69) is 15.7 Å². The number of benzene rings is 2. The van der Waals surface area contributed by atoms with E-state index in [1.807, 2.05) is 67.6 Å². The predicted molar refractivity (Wildman–Crippen MR) is 124 cm³/mol. The first kappa shape index (κ1) is 21.2. The number of hydrogen-bond acceptors (Lipinski definition) is 4. The summed E-state index contributed by atoms with van der Waals surface area (Å²) >= 11 is 1.77. The molecule has 1 aliphatic rings. The first-order valence-corrected chi connectivity index (χ1v) is 11.6. The number of rotatable bonds is 8. The first-order chi connectivity index (χ1) is 15.2. The number of fused-ring (bicyclic) bond motifs is 1. The number of nitrogens with one attached hydrogen (secondary N) is 2. The summed E-state index contributed by atoms with van der Waals surface area (Å²) in [6.07, 6.45) is 0.693. The summed E-state index contributed by atoms with van der Waals surface area (Å²) < 4.78 is 1.64. The molecule has 2 amide bonds. The number of hydrogen-bond donors (Lipinski definition) is 2. The number of thioether (sulfide) groups is 1. The van der Waals surface area contributed by atoms with Crippen molar-refractivity contribution in [2.75, 3.05) is 5.32 Å². The maximum absolute atomic E-state index is 13.1. The monoisotopic (exact) mass is 434 g/mol. The van der Waals surface area contributed by atoms with Crippen molar-refractivity contribution in [1.29, 1.82) is 0 Å². The van der Waals surface area contributed by atoms with Crippen LogP contribution in [0.3, 0.4) is 0 Å². The molecule has 7 heteroatoms. The first-order valence-electron chi connectivity index (χ1n) is 10.5. The molecule has 0 saturated heterocycles. The van der Waals surface area contributed by atoms with Gasteiger partial charge in [0.1, 0.15) is 12.4 Å². The highest BCUT2D eigenvalue weighted by molar-refractivity contribution is 7.98. The normalized spacial score (nSPS) is 13.5. The smallest absolute Gasteiger partial charge is 0.242 e. The maximum atomic E-state index is 13.1. The van der Waals surface area contributed by atoms with Crippen molar-refractivity contribution in [3.8, 4) is 0 Å². The Bertz CT molecular complexity index is 1050. The zero-order valence-corrected chi connectivity index (χ0v) is 18.3. The number of nitrogens with zero attached hydrogens (tertiary/aromatic N) is 2. The summed E-state index contributed by atoms with van der Waals surface area (Å²) in [6, 6.07) is 19.6. The van der Waals surface area contributed by atoms with Crippen LogP contribution in [-0.2, 0) is 34.2 Å². The average Bonchev–Trinajstić information content (AvgIpc) is 3.37. The molecular formula is C24H26N4O2S. The van der Waals surface area contributed by atoms with Crippen LogP contribution < -0.4 is 10.6 Å². The second kappa shape index (κ2) is 9.83. The molecule has 0 spiro atoms. The van der Waals surface area contributed by atoms with Gasteiger partial charge in [0.2, 0.25) is 11.8 Å². The van der Waals surface area contributed by atoms with E-state index < -0.39 is 0 Å². The Labute approximate surface area is 186 Å². The van der Waals surface area contributed by atoms with Gasteiger partial charge in [0.05, 0.1) is 11.6 Å². The van der Waals surface area contributed by atoms with Gasteiger partial charge in [-0.3, -0.25) is 9.59 Å². The van der Waals surface area contributed by atoms with Crippen LogP contribution in [0.5, 0.6) is 0 Å². The molecule has 0 unspecified atom stereocenters. The zero-order chi connectivity index (χ0) is 21.6. The number of amides is 2. The summed E-state index contributed by atoms with van der Waals surface area (Å²) in [5.74, 6) is 1.78. The van der Waals surface area contributed by atoms with E-state index in [1.165, 1.54) is 0 Å². The molecule has 1 aliphatic heterocycles.